The lowest BCUT2D eigenvalue weighted by Gasteiger charge is -2.30. The van der Waals surface area contributed by atoms with Crippen molar-refractivity contribution in [1.29, 1.82) is 0 Å². The van der Waals surface area contributed by atoms with Crippen LogP contribution >= 0.6 is 0 Å². The van der Waals surface area contributed by atoms with E-state index in [1.165, 1.54) is 4.68 Å². The number of nitrogens with one attached hydrogen (secondary N) is 1. The first-order valence-electron chi connectivity index (χ1n) is 11.1. The Labute approximate surface area is 185 Å². The average Bonchev–Trinajstić information content (AvgIpc) is 3.18. The van der Waals surface area contributed by atoms with Crippen molar-refractivity contribution in [2.75, 3.05) is 43.1 Å². The second-order valence-corrected chi connectivity index (χ2v) is 8.21. The van der Waals surface area contributed by atoms with Crippen molar-refractivity contribution in [3.63, 3.8) is 0 Å². The number of hydrogen-bond acceptors (Lipinski definition) is 8. The number of aliphatic hydroxyl groups excluding tert-OH is 1. The number of ether oxygens (including phenoxy) is 2. The van der Waals surface area contributed by atoms with Gasteiger partial charge in [0.05, 0.1) is 18.9 Å². The van der Waals surface area contributed by atoms with Crippen molar-refractivity contribution in [2.45, 2.75) is 57.8 Å². The lowest BCUT2D eigenvalue weighted by atomic mass is 9.92. The Balaban J connectivity index is 1.62. The van der Waals surface area contributed by atoms with E-state index in [1.54, 1.807) is 20.0 Å². The molecule has 0 bridgehead atoms. The van der Waals surface area contributed by atoms with E-state index in [1.807, 2.05) is 6.07 Å². The van der Waals surface area contributed by atoms with Crippen LogP contribution in [0.15, 0.2) is 12.3 Å². The Morgan fingerprint density at radius 3 is 2.69 bits per heavy atom. The number of hydrogen-bond donors (Lipinski definition) is 2. The van der Waals surface area contributed by atoms with Crippen molar-refractivity contribution >= 4 is 11.6 Å². The van der Waals surface area contributed by atoms with Gasteiger partial charge in [0.25, 0.3) is 5.95 Å². The molecular formula is C21H30F2N6O3. The van der Waals surface area contributed by atoms with Gasteiger partial charge in [-0.1, -0.05) is 0 Å². The topological polar surface area (TPSA) is 97.6 Å². The zero-order valence-electron chi connectivity index (χ0n) is 18.4. The zero-order chi connectivity index (χ0) is 22.7. The van der Waals surface area contributed by atoms with E-state index in [0.717, 1.165) is 0 Å². The summed E-state index contributed by atoms with van der Waals surface area (Å²) in [6, 6.07) is 1.76. The molecule has 2 fully saturated rings. The highest BCUT2D eigenvalue weighted by Crippen LogP contribution is 2.34. The van der Waals surface area contributed by atoms with Crippen molar-refractivity contribution < 1.29 is 23.4 Å². The smallest absolute Gasteiger partial charge is 0.254 e. The molecule has 4 rings (SSSR count). The number of aliphatic hydroxyl groups is 1. The summed E-state index contributed by atoms with van der Waals surface area (Å²) in [6.45, 7) is 6.54. The van der Waals surface area contributed by atoms with Gasteiger partial charge in [-0.25, -0.2) is 13.5 Å². The van der Waals surface area contributed by atoms with E-state index in [9.17, 15) is 13.9 Å². The van der Waals surface area contributed by atoms with E-state index in [-0.39, 0.29) is 18.9 Å². The molecule has 1 atom stereocenters. The SMILES string of the molecule is CCO[C@@H](O)c1cn(-c2nc(NC3CCC(F)(F)CC3)cc(N3CCOCC3)n2)nc1C. The van der Waals surface area contributed by atoms with Crippen LogP contribution in [0.4, 0.5) is 20.4 Å². The Morgan fingerprint density at radius 1 is 1.28 bits per heavy atom. The van der Waals surface area contributed by atoms with Gasteiger partial charge in [-0.15, -0.1) is 0 Å². The third kappa shape index (κ3) is 5.33. The molecule has 0 unspecified atom stereocenters. The third-order valence-electron chi connectivity index (χ3n) is 5.84. The molecule has 2 aliphatic rings. The third-order valence-corrected chi connectivity index (χ3v) is 5.84. The summed E-state index contributed by atoms with van der Waals surface area (Å²) in [5.74, 6) is -0.984. The summed E-state index contributed by atoms with van der Waals surface area (Å²) >= 11 is 0. The molecule has 0 aromatic carbocycles. The molecule has 32 heavy (non-hydrogen) atoms. The van der Waals surface area contributed by atoms with Crippen molar-refractivity contribution in [2.24, 2.45) is 0 Å². The molecule has 1 saturated carbocycles. The Hall–Kier alpha value is -2.37. The molecule has 0 amide bonds. The number of alkyl halides is 2. The minimum Gasteiger partial charge on any atom is -0.378 e. The number of nitrogens with zero attached hydrogens (tertiary/aromatic N) is 5. The fourth-order valence-electron chi connectivity index (χ4n) is 4.01. The summed E-state index contributed by atoms with van der Waals surface area (Å²) in [5.41, 5.74) is 1.14. The monoisotopic (exact) mass is 452 g/mol. The second kappa shape index (κ2) is 9.63. The van der Waals surface area contributed by atoms with E-state index in [0.29, 0.717) is 74.6 Å². The van der Waals surface area contributed by atoms with Crippen LogP contribution in [0, 0.1) is 6.92 Å². The number of rotatable bonds is 7. The van der Waals surface area contributed by atoms with Crippen LogP contribution in [-0.4, -0.2) is 69.7 Å². The van der Waals surface area contributed by atoms with Crippen LogP contribution < -0.4 is 10.2 Å². The van der Waals surface area contributed by atoms with Gasteiger partial charge < -0.3 is 24.8 Å². The number of anilines is 2. The molecule has 3 heterocycles. The first-order valence-corrected chi connectivity index (χ1v) is 11.1. The molecule has 9 nitrogen and oxygen atoms in total. The van der Waals surface area contributed by atoms with Gasteiger partial charge in [-0.3, -0.25) is 0 Å². The fraction of sp³-hybridized carbons (Fsp3) is 0.667. The Morgan fingerprint density at radius 2 is 2.00 bits per heavy atom. The zero-order valence-corrected chi connectivity index (χ0v) is 18.4. The van der Waals surface area contributed by atoms with Crippen LogP contribution in [0.2, 0.25) is 0 Å². The van der Waals surface area contributed by atoms with E-state index in [4.69, 9.17) is 9.47 Å². The Kier molecular flexibility index (Phi) is 6.87. The maximum atomic E-state index is 13.6. The van der Waals surface area contributed by atoms with Gasteiger partial charge in [-0.2, -0.15) is 15.1 Å². The van der Waals surface area contributed by atoms with Crippen molar-refractivity contribution in [3.8, 4) is 5.95 Å². The summed E-state index contributed by atoms with van der Waals surface area (Å²) in [4.78, 5) is 11.4. The number of aromatic nitrogens is 4. The number of aryl methyl sites for hydroxylation is 1. The molecule has 2 aromatic rings. The lowest BCUT2D eigenvalue weighted by molar-refractivity contribution is -0.0983. The average molecular weight is 453 g/mol. The van der Waals surface area contributed by atoms with Gasteiger partial charge in [0.15, 0.2) is 6.29 Å². The molecule has 0 spiro atoms. The molecular weight excluding hydrogens is 422 g/mol. The standard InChI is InChI=1S/C21H30F2N6O3/c1-3-32-19(30)16-13-29(27-14(16)2)20-25-17(24-15-4-6-21(22,23)7-5-15)12-18(26-20)28-8-10-31-11-9-28/h12-13,15,19,30H,3-11H2,1-2H3,(H,24,25,26)/t19-/m1/s1. The molecule has 1 aliphatic carbocycles. The number of morpholine rings is 1. The van der Waals surface area contributed by atoms with Gasteiger partial charge in [0, 0.05) is 56.4 Å². The lowest BCUT2D eigenvalue weighted by Crippen LogP contribution is -2.37. The van der Waals surface area contributed by atoms with Crippen LogP contribution in [0.1, 0.15) is 50.2 Å². The fourth-order valence-corrected chi connectivity index (χ4v) is 4.01. The van der Waals surface area contributed by atoms with E-state index in [2.05, 4.69) is 25.3 Å². The normalized spacial score (nSPS) is 20.3. The van der Waals surface area contributed by atoms with Gasteiger partial charge >= 0.3 is 0 Å². The van der Waals surface area contributed by atoms with Crippen molar-refractivity contribution in [3.05, 3.63) is 23.5 Å². The quantitative estimate of drug-likeness (QED) is 0.619. The highest BCUT2D eigenvalue weighted by molar-refractivity contribution is 5.52. The predicted molar refractivity (Wildman–Crippen MR) is 114 cm³/mol. The molecule has 11 heteroatoms. The highest BCUT2D eigenvalue weighted by Gasteiger charge is 2.35. The van der Waals surface area contributed by atoms with Gasteiger partial charge in [-0.05, 0) is 26.7 Å². The van der Waals surface area contributed by atoms with Crippen LogP contribution in [0.5, 0.6) is 0 Å². The van der Waals surface area contributed by atoms with Gasteiger partial charge in [0.2, 0.25) is 5.92 Å². The van der Waals surface area contributed by atoms with Crippen LogP contribution in [-0.2, 0) is 9.47 Å². The molecule has 1 saturated heterocycles. The maximum Gasteiger partial charge on any atom is 0.254 e. The summed E-state index contributed by atoms with van der Waals surface area (Å²) in [5, 5.41) is 18.0. The molecule has 0 radical (unpaired) electrons. The predicted octanol–water partition coefficient (Wildman–Crippen LogP) is 2.82. The molecule has 176 valence electrons. The largest absolute Gasteiger partial charge is 0.378 e. The summed E-state index contributed by atoms with van der Waals surface area (Å²) < 4.78 is 39.3. The summed E-state index contributed by atoms with van der Waals surface area (Å²) in [6.07, 6.45) is 1.07. The highest BCUT2D eigenvalue weighted by atomic mass is 19.3. The first kappa shape index (κ1) is 22.8. The van der Waals surface area contributed by atoms with Crippen molar-refractivity contribution in [1.82, 2.24) is 19.7 Å². The maximum absolute atomic E-state index is 13.6. The second-order valence-electron chi connectivity index (χ2n) is 8.21. The van der Waals surface area contributed by atoms with Crippen LogP contribution in [0.3, 0.4) is 0 Å². The molecule has 2 N–H and O–H groups in total. The molecule has 2 aromatic heterocycles. The molecule has 1 aliphatic heterocycles. The minimum absolute atomic E-state index is 0.0791. The van der Waals surface area contributed by atoms with Gasteiger partial charge in [0.1, 0.15) is 11.6 Å². The van der Waals surface area contributed by atoms with Crippen LogP contribution in [0.25, 0.3) is 5.95 Å². The number of halogens is 2. The van der Waals surface area contributed by atoms with E-state index < -0.39 is 12.2 Å². The minimum atomic E-state index is -2.58. The Bertz CT molecular complexity index is 909. The summed E-state index contributed by atoms with van der Waals surface area (Å²) in [7, 11) is 0. The van der Waals surface area contributed by atoms with E-state index >= 15 is 0 Å². The first-order chi connectivity index (χ1) is 15.3.